The zero-order valence-corrected chi connectivity index (χ0v) is 9.44. The van der Waals surface area contributed by atoms with E-state index in [9.17, 15) is 0 Å². The monoisotopic (exact) mass is 222 g/mol. The predicted octanol–water partition coefficient (Wildman–Crippen LogP) is 3.90. The first-order valence-corrected chi connectivity index (χ1v) is 5.57. The molecule has 1 nitrogen and oxygen atoms in total. The van der Waals surface area contributed by atoms with E-state index in [1.807, 2.05) is 0 Å². The van der Waals surface area contributed by atoms with Crippen LogP contribution in [0.4, 0.5) is 0 Å². The number of rotatable bonds is 3. The van der Waals surface area contributed by atoms with Crippen LogP contribution in [0, 0.1) is 5.92 Å². The van der Waals surface area contributed by atoms with Crippen molar-refractivity contribution in [3.8, 4) is 0 Å². The standard InChI is InChI=1S/C10H16Cl2O/c1-8-2-4-9(5-3-8)13-7-6-10(11)12/h6,8-9H,2-5,7H2,1H3. The maximum absolute atomic E-state index is 5.60. The van der Waals surface area contributed by atoms with E-state index in [0.29, 0.717) is 17.2 Å². The van der Waals surface area contributed by atoms with Gasteiger partial charge >= 0.3 is 0 Å². The number of hydrogen-bond donors (Lipinski definition) is 0. The molecule has 1 fully saturated rings. The summed E-state index contributed by atoms with van der Waals surface area (Å²) in [6.45, 7) is 2.84. The second-order valence-corrected chi connectivity index (χ2v) is 4.72. The highest BCUT2D eigenvalue weighted by Crippen LogP contribution is 2.25. The Morgan fingerprint density at radius 3 is 2.46 bits per heavy atom. The molecule has 76 valence electrons. The molecule has 1 aliphatic carbocycles. The summed E-state index contributed by atoms with van der Waals surface area (Å²) < 4.78 is 5.89. The smallest absolute Gasteiger partial charge is 0.105 e. The molecule has 0 radical (unpaired) electrons. The minimum absolute atomic E-state index is 0.296. The van der Waals surface area contributed by atoms with Crippen LogP contribution >= 0.6 is 23.2 Å². The summed E-state index contributed by atoms with van der Waals surface area (Å²) >= 11 is 10.9. The number of ether oxygens (including phenoxy) is 1. The molecule has 1 aliphatic rings. The third-order valence-corrected chi connectivity index (χ3v) is 2.84. The van der Waals surface area contributed by atoms with E-state index in [1.54, 1.807) is 6.08 Å². The Bertz CT molecular complexity index is 168. The van der Waals surface area contributed by atoms with Crippen molar-refractivity contribution in [2.24, 2.45) is 5.92 Å². The van der Waals surface area contributed by atoms with Crippen molar-refractivity contribution in [1.82, 2.24) is 0 Å². The van der Waals surface area contributed by atoms with Gasteiger partial charge in [0.2, 0.25) is 0 Å². The zero-order chi connectivity index (χ0) is 9.68. The van der Waals surface area contributed by atoms with E-state index in [-0.39, 0.29) is 0 Å². The van der Waals surface area contributed by atoms with Crippen LogP contribution in [0.2, 0.25) is 0 Å². The summed E-state index contributed by atoms with van der Waals surface area (Å²) in [7, 11) is 0. The van der Waals surface area contributed by atoms with E-state index in [2.05, 4.69) is 6.92 Å². The van der Waals surface area contributed by atoms with Crippen molar-refractivity contribution in [2.75, 3.05) is 6.61 Å². The molecule has 0 amide bonds. The fourth-order valence-corrected chi connectivity index (χ4v) is 1.77. The zero-order valence-electron chi connectivity index (χ0n) is 7.93. The lowest BCUT2D eigenvalue weighted by atomic mass is 9.89. The van der Waals surface area contributed by atoms with Gasteiger partial charge in [-0.1, -0.05) is 30.1 Å². The van der Waals surface area contributed by atoms with E-state index >= 15 is 0 Å². The fraction of sp³-hybridized carbons (Fsp3) is 0.800. The van der Waals surface area contributed by atoms with E-state index in [4.69, 9.17) is 27.9 Å². The molecule has 13 heavy (non-hydrogen) atoms. The van der Waals surface area contributed by atoms with Crippen LogP contribution in [-0.2, 0) is 4.74 Å². The highest BCUT2D eigenvalue weighted by Gasteiger charge is 2.17. The molecular formula is C10H16Cl2O. The van der Waals surface area contributed by atoms with Crippen molar-refractivity contribution in [2.45, 2.75) is 38.7 Å². The molecule has 1 saturated carbocycles. The highest BCUT2D eigenvalue weighted by atomic mass is 35.5. The van der Waals surface area contributed by atoms with Crippen molar-refractivity contribution in [3.05, 3.63) is 10.6 Å². The van der Waals surface area contributed by atoms with Gasteiger partial charge in [0.05, 0.1) is 12.7 Å². The molecule has 0 aromatic carbocycles. The predicted molar refractivity (Wildman–Crippen MR) is 57.2 cm³/mol. The molecule has 0 saturated heterocycles. The molecule has 3 heteroatoms. The van der Waals surface area contributed by atoms with Crippen molar-refractivity contribution in [3.63, 3.8) is 0 Å². The molecule has 0 N–H and O–H groups in total. The van der Waals surface area contributed by atoms with Gasteiger partial charge in [-0.05, 0) is 37.7 Å². The Kier molecular flexibility index (Phi) is 5.15. The van der Waals surface area contributed by atoms with Gasteiger partial charge in [-0.3, -0.25) is 0 Å². The van der Waals surface area contributed by atoms with Gasteiger partial charge in [-0.2, -0.15) is 0 Å². The maximum Gasteiger partial charge on any atom is 0.105 e. The van der Waals surface area contributed by atoms with Gasteiger partial charge < -0.3 is 4.74 Å². The van der Waals surface area contributed by atoms with Crippen LogP contribution < -0.4 is 0 Å². The molecule has 1 rings (SSSR count). The summed E-state index contributed by atoms with van der Waals surface area (Å²) in [4.78, 5) is 0. The average Bonchev–Trinajstić information content (AvgIpc) is 2.08. The third kappa shape index (κ3) is 4.90. The fourth-order valence-electron chi connectivity index (χ4n) is 1.64. The molecule has 0 aromatic heterocycles. The van der Waals surface area contributed by atoms with Crippen LogP contribution in [0.1, 0.15) is 32.6 Å². The molecule has 0 aromatic rings. The van der Waals surface area contributed by atoms with Crippen LogP contribution in [0.25, 0.3) is 0 Å². The Morgan fingerprint density at radius 2 is 1.92 bits per heavy atom. The number of hydrogen-bond acceptors (Lipinski definition) is 1. The molecule has 0 heterocycles. The summed E-state index contributed by atoms with van der Waals surface area (Å²) in [5.41, 5.74) is 0. The van der Waals surface area contributed by atoms with Crippen molar-refractivity contribution < 1.29 is 4.74 Å². The number of halogens is 2. The van der Waals surface area contributed by atoms with Crippen molar-refractivity contribution in [1.29, 1.82) is 0 Å². The van der Waals surface area contributed by atoms with E-state index < -0.39 is 0 Å². The Labute approximate surface area is 90.0 Å². The normalized spacial score (nSPS) is 28.5. The molecule has 0 spiro atoms. The summed E-state index contributed by atoms with van der Waals surface area (Å²) in [6.07, 6.45) is 7.02. The first-order chi connectivity index (χ1) is 6.18. The summed E-state index contributed by atoms with van der Waals surface area (Å²) in [6, 6.07) is 0. The first kappa shape index (κ1) is 11.4. The highest BCUT2D eigenvalue weighted by molar-refractivity contribution is 6.55. The van der Waals surface area contributed by atoms with Gasteiger partial charge in [0.15, 0.2) is 0 Å². The first-order valence-electron chi connectivity index (χ1n) is 4.81. The Hall–Kier alpha value is 0.280. The van der Waals surface area contributed by atoms with Crippen LogP contribution in [0.15, 0.2) is 10.6 Å². The SMILES string of the molecule is CC1CCC(OCC=C(Cl)Cl)CC1. The minimum Gasteiger partial charge on any atom is -0.374 e. The van der Waals surface area contributed by atoms with E-state index in [0.717, 1.165) is 5.92 Å². The Balaban J connectivity index is 2.12. The summed E-state index contributed by atoms with van der Waals surface area (Å²) in [5, 5.41) is 0. The molecule has 0 aliphatic heterocycles. The quantitative estimate of drug-likeness (QED) is 0.704. The van der Waals surface area contributed by atoms with Crippen LogP contribution in [0.5, 0.6) is 0 Å². The molecule has 0 bridgehead atoms. The molecular weight excluding hydrogens is 207 g/mol. The molecule has 0 atom stereocenters. The van der Waals surface area contributed by atoms with Crippen LogP contribution in [0.3, 0.4) is 0 Å². The Morgan fingerprint density at radius 1 is 1.31 bits per heavy atom. The van der Waals surface area contributed by atoms with Crippen molar-refractivity contribution >= 4 is 23.2 Å². The lowest BCUT2D eigenvalue weighted by Gasteiger charge is -2.25. The minimum atomic E-state index is 0.296. The van der Waals surface area contributed by atoms with E-state index in [1.165, 1.54) is 25.7 Å². The lowest BCUT2D eigenvalue weighted by Crippen LogP contribution is -2.20. The topological polar surface area (TPSA) is 9.23 Å². The average molecular weight is 223 g/mol. The largest absolute Gasteiger partial charge is 0.374 e. The van der Waals surface area contributed by atoms with Gasteiger partial charge in [-0.25, -0.2) is 0 Å². The molecule has 0 unspecified atom stereocenters. The third-order valence-electron chi connectivity index (χ3n) is 2.53. The second-order valence-electron chi connectivity index (χ2n) is 3.71. The maximum atomic E-state index is 5.60. The van der Waals surface area contributed by atoms with Gasteiger partial charge in [-0.15, -0.1) is 0 Å². The summed E-state index contributed by atoms with van der Waals surface area (Å²) in [5.74, 6) is 0.868. The van der Waals surface area contributed by atoms with Gasteiger partial charge in [0.1, 0.15) is 4.49 Å². The van der Waals surface area contributed by atoms with Gasteiger partial charge in [0.25, 0.3) is 0 Å². The van der Waals surface area contributed by atoms with Gasteiger partial charge in [0, 0.05) is 0 Å². The second kappa shape index (κ2) is 5.90. The van der Waals surface area contributed by atoms with Crippen LogP contribution in [-0.4, -0.2) is 12.7 Å². The lowest BCUT2D eigenvalue weighted by molar-refractivity contribution is 0.0367.